The van der Waals surface area contributed by atoms with E-state index in [-0.39, 0.29) is 4.90 Å². The number of rotatable bonds is 6. The summed E-state index contributed by atoms with van der Waals surface area (Å²) in [5, 5.41) is 17.7. The molecule has 0 saturated heterocycles. The Morgan fingerprint density at radius 3 is 2.10 bits per heavy atom. The van der Waals surface area contributed by atoms with Crippen molar-refractivity contribution < 1.29 is 28.2 Å². The van der Waals surface area contributed by atoms with Crippen LogP contribution < -0.4 is 5.73 Å². The molecule has 0 spiro atoms. The number of carboxylic acid groups (broad SMARTS) is 2. The second-order valence-corrected chi connectivity index (χ2v) is 6.61. The van der Waals surface area contributed by atoms with Crippen molar-refractivity contribution in [2.75, 3.05) is 0 Å². The molecule has 0 unspecified atom stereocenters. The van der Waals surface area contributed by atoms with E-state index in [1.165, 1.54) is 24.3 Å². The van der Waals surface area contributed by atoms with Gasteiger partial charge >= 0.3 is 11.9 Å². The monoisotopic (exact) mass is 301 g/mol. The summed E-state index contributed by atoms with van der Waals surface area (Å²) >= 11 is 0. The number of hydrogen-bond acceptors (Lipinski definition) is 5. The highest BCUT2D eigenvalue weighted by Gasteiger charge is 2.48. The van der Waals surface area contributed by atoms with E-state index in [1.54, 1.807) is 6.92 Å². The molecule has 1 aromatic carbocycles. The Bertz CT molecular complexity index is 622. The maximum atomic E-state index is 12.3. The minimum Gasteiger partial charge on any atom is -0.481 e. The van der Waals surface area contributed by atoms with E-state index in [0.717, 1.165) is 5.56 Å². The van der Waals surface area contributed by atoms with Gasteiger partial charge in [-0.1, -0.05) is 17.7 Å². The van der Waals surface area contributed by atoms with Crippen LogP contribution in [0.1, 0.15) is 18.4 Å². The van der Waals surface area contributed by atoms with Gasteiger partial charge in [-0.25, -0.2) is 13.2 Å². The molecule has 0 aliphatic heterocycles. The fourth-order valence-electron chi connectivity index (χ4n) is 1.58. The Balaban J connectivity index is 3.28. The van der Waals surface area contributed by atoms with Gasteiger partial charge in [0.2, 0.25) is 14.7 Å². The molecule has 20 heavy (non-hydrogen) atoms. The van der Waals surface area contributed by atoms with E-state index >= 15 is 0 Å². The van der Waals surface area contributed by atoms with E-state index in [4.69, 9.17) is 15.9 Å². The molecule has 0 fully saturated rings. The molecule has 8 heteroatoms. The zero-order chi connectivity index (χ0) is 15.6. The lowest BCUT2D eigenvalue weighted by Crippen LogP contribution is -2.54. The summed E-state index contributed by atoms with van der Waals surface area (Å²) in [5.41, 5.74) is 6.28. The first-order valence-electron chi connectivity index (χ1n) is 5.66. The third-order valence-electron chi connectivity index (χ3n) is 2.88. The summed E-state index contributed by atoms with van der Waals surface area (Å²) in [6, 6.07) is 5.50. The first kappa shape index (κ1) is 16.1. The fraction of sp³-hybridized carbons (Fsp3) is 0.333. The third-order valence-corrected chi connectivity index (χ3v) is 5.11. The summed E-state index contributed by atoms with van der Waals surface area (Å²) in [5.74, 6) is -3.10. The van der Waals surface area contributed by atoms with Crippen LogP contribution in [0, 0.1) is 6.92 Å². The highest BCUT2D eigenvalue weighted by atomic mass is 32.2. The van der Waals surface area contributed by atoms with E-state index in [2.05, 4.69) is 0 Å². The second kappa shape index (κ2) is 5.59. The van der Waals surface area contributed by atoms with Crippen molar-refractivity contribution in [2.24, 2.45) is 5.73 Å². The summed E-state index contributed by atoms with van der Waals surface area (Å²) in [4.78, 5) is 18.8. The van der Waals surface area contributed by atoms with Crippen LogP contribution in [-0.4, -0.2) is 35.4 Å². The summed E-state index contributed by atoms with van der Waals surface area (Å²) < 4.78 is 24.6. The zero-order valence-corrected chi connectivity index (χ0v) is 11.6. The van der Waals surface area contributed by atoms with Crippen LogP contribution in [0.25, 0.3) is 0 Å². The van der Waals surface area contributed by atoms with Gasteiger partial charge in [-0.15, -0.1) is 0 Å². The Labute approximate surface area is 115 Å². The van der Waals surface area contributed by atoms with Crippen LogP contribution in [0.15, 0.2) is 29.2 Å². The number of sulfone groups is 1. The van der Waals surface area contributed by atoms with Crippen LogP contribution in [0.2, 0.25) is 0 Å². The molecular formula is C12H15NO6S. The normalized spacial score (nSPS) is 14.5. The Hall–Kier alpha value is -1.93. The quantitative estimate of drug-likeness (QED) is 0.690. The molecule has 110 valence electrons. The van der Waals surface area contributed by atoms with Gasteiger partial charge in [0.1, 0.15) is 0 Å². The number of benzene rings is 1. The van der Waals surface area contributed by atoms with E-state index in [0.29, 0.717) is 0 Å². The zero-order valence-electron chi connectivity index (χ0n) is 10.7. The second-order valence-electron chi connectivity index (χ2n) is 4.40. The van der Waals surface area contributed by atoms with Gasteiger partial charge in [0, 0.05) is 12.8 Å². The molecule has 4 N–H and O–H groups in total. The highest BCUT2D eigenvalue weighted by molar-refractivity contribution is 7.93. The van der Waals surface area contributed by atoms with Crippen molar-refractivity contribution >= 4 is 21.8 Å². The lowest BCUT2D eigenvalue weighted by Gasteiger charge is -2.24. The van der Waals surface area contributed by atoms with Crippen molar-refractivity contribution in [3.8, 4) is 0 Å². The van der Waals surface area contributed by atoms with Crippen molar-refractivity contribution in [1.82, 2.24) is 0 Å². The third kappa shape index (κ3) is 2.97. The molecule has 0 bridgehead atoms. The van der Waals surface area contributed by atoms with Crippen LogP contribution in [0.4, 0.5) is 0 Å². The van der Waals surface area contributed by atoms with Gasteiger partial charge < -0.3 is 15.9 Å². The van der Waals surface area contributed by atoms with Crippen molar-refractivity contribution in [1.29, 1.82) is 0 Å². The number of hydrogen-bond donors (Lipinski definition) is 3. The van der Waals surface area contributed by atoms with Crippen LogP contribution in [0.3, 0.4) is 0 Å². The predicted octanol–water partition coefficient (Wildman–Crippen LogP) is 0.373. The van der Waals surface area contributed by atoms with Crippen LogP contribution >= 0.6 is 0 Å². The maximum absolute atomic E-state index is 12.3. The molecule has 1 aromatic rings. The molecule has 0 aliphatic rings. The SMILES string of the molecule is Cc1ccc(S(=O)(=O)[C@@](N)(CCC(=O)O)C(=O)O)cc1. The molecule has 1 atom stereocenters. The largest absolute Gasteiger partial charge is 0.481 e. The van der Waals surface area contributed by atoms with E-state index in [1.807, 2.05) is 0 Å². The van der Waals surface area contributed by atoms with Crippen LogP contribution in [0.5, 0.6) is 0 Å². The maximum Gasteiger partial charge on any atom is 0.339 e. The van der Waals surface area contributed by atoms with Crippen molar-refractivity contribution in [3.05, 3.63) is 29.8 Å². The first-order valence-corrected chi connectivity index (χ1v) is 7.15. The number of aryl methyl sites for hydroxylation is 1. The van der Waals surface area contributed by atoms with Gasteiger partial charge in [0.05, 0.1) is 4.90 Å². The molecule has 1 rings (SSSR count). The van der Waals surface area contributed by atoms with Gasteiger partial charge in [0.25, 0.3) is 0 Å². The predicted molar refractivity (Wildman–Crippen MR) is 69.8 cm³/mol. The molecule has 0 amide bonds. The van der Waals surface area contributed by atoms with Crippen LogP contribution in [-0.2, 0) is 19.4 Å². The summed E-state index contributed by atoms with van der Waals surface area (Å²) in [6.45, 7) is 1.74. The summed E-state index contributed by atoms with van der Waals surface area (Å²) in [6.07, 6.45) is -1.37. The molecule has 0 saturated carbocycles. The van der Waals surface area contributed by atoms with E-state index < -0.39 is 39.5 Å². The molecular weight excluding hydrogens is 286 g/mol. The first-order chi connectivity index (χ1) is 9.11. The minimum atomic E-state index is -4.40. The highest BCUT2D eigenvalue weighted by Crippen LogP contribution is 2.26. The minimum absolute atomic E-state index is 0.251. The standard InChI is InChI=1S/C12H15NO6S/c1-8-2-4-9(5-3-8)20(18,19)12(13,11(16)17)7-6-10(14)15/h2-5H,6-7,13H2,1H3,(H,14,15)(H,16,17)/t12-/m0/s1. The topological polar surface area (TPSA) is 135 Å². The Morgan fingerprint density at radius 1 is 1.20 bits per heavy atom. The van der Waals surface area contributed by atoms with E-state index in [9.17, 15) is 18.0 Å². The Morgan fingerprint density at radius 2 is 1.70 bits per heavy atom. The molecule has 7 nitrogen and oxygen atoms in total. The summed E-state index contributed by atoms with van der Waals surface area (Å²) in [7, 11) is -4.40. The van der Waals surface area contributed by atoms with Gasteiger partial charge in [0.15, 0.2) is 0 Å². The van der Waals surface area contributed by atoms with Gasteiger partial charge in [-0.2, -0.15) is 0 Å². The number of carboxylic acids is 2. The molecule has 0 aromatic heterocycles. The van der Waals surface area contributed by atoms with Gasteiger partial charge in [-0.3, -0.25) is 4.79 Å². The Kier molecular flexibility index (Phi) is 4.51. The lowest BCUT2D eigenvalue weighted by molar-refractivity contribution is -0.141. The lowest BCUT2D eigenvalue weighted by atomic mass is 10.1. The average Bonchev–Trinajstić information content (AvgIpc) is 2.35. The number of carbonyl (C=O) groups is 2. The molecule has 0 aliphatic carbocycles. The fourth-order valence-corrected chi connectivity index (χ4v) is 3.09. The van der Waals surface area contributed by atoms with Crippen molar-refractivity contribution in [2.45, 2.75) is 29.5 Å². The number of nitrogens with two attached hydrogens (primary N) is 1. The van der Waals surface area contributed by atoms with Crippen molar-refractivity contribution in [3.63, 3.8) is 0 Å². The number of aliphatic carboxylic acids is 2. The molecule has 0 heterocycles. The van der Waals surface area contributed by atoms with Gasteiger partial charge in [-0.05, 0) is 19.1 Å². The smallest absolute Gasteiger partial charge is 0.339 e. The average molecular weight is 301 g/mol. The molecule has 0 radical (unpaired) electrons.